The summed E-state index contributed by atoms with van der Waals surface area (Å²) in [5.74, 6) is 0.602. The Kier molecular flexibility index (Phi) is 4.43. The molecule has 0 fully saturated rings. The van der Waals surface area contributed by atoms with E-state index in [2.05, 4.69) is 31.7 Å². The van der Waals surface area contributed by atoms with Gasteiger partial charge in [-0.05, 0) is 40.8 Å². The molecule has 0 saturated heterocycles. The average molecular weight is 345 g/mol. The maximum absolute atomic E-state index is 4.75. The SMILES string of the molecule is c1cncc(CNc2ncc(-c3ccncc3)c(-c3cccs3)n2)c1. The molecule has 4 heterocycles. The Hall–Kier alpha value is -3.12. The third kappa shape index (κ3) is 3.54. The van der Waals surface area contributed by atoms with Crippen molar-refractivity contribution < 1.29 is 0 Å². The van der Waals surface area contributed by atoms with Gasteiger partial charge in [-0.1, -0.05) is 12.1 Å². The fraction of sp³-hybridized carbons (Fsp3) is 0.0526. The van der Waals surface area contributed by atoms with Gasteiger partial charge in [0.25, 0.3) is 0 Å². The van der Waals surface area contributed by atoms with Crippen LogP contribution in [0.3, 0.4) is 0 Å². The number of pyridine rings is 2. The molecule has 4 aromatic rings. The first-order valence-corrected chi connectivity index (χ1v) is 8.72. The van der Waals surface area contributed by atoms with E-state index in [-0.39, 0.29) is 0 Å². The highest BCUT2D eigenvalue weighted by molar-refractivity contribution is 7.13. The first-order chi connectivity index (χ1) is 12.4. The second kappa shape index (κ2) is 7.19. The molecule has 0 spiro atoms. The molecule has 0 amide bonds. The normalized spacial score (nSPS) is 10.6. The Morgan fingerprint density at radius 1 is 0.920 bits per heavy atom. The van der Waals surface area contributed by atoms with Crippen LogP contribution >= 0.6 is 11.3 Å². The van der Waals surface area contributed by atoms with E-state index in [0.29, 0.717) is 12.5 Å². The van der Waals surface area contributed by atoms with Crippen LogP contribution in [0, 0.1) is 0 Å². The molecule has 0 radical (unpaired) electrons. The van der Waals surface area contributed by atoms with Gasteiger partial charge in [0.1, 0.15) is 0 Å². The molecule has 0 aliphatic rings. The average Bonchev–Trinajstić information content (AvgIpc) is 3.22. The van der Waals surface area contributed by atoms with Gasteiger partial charge in [-0.2, -0.15) is 0 Å². The lowest BCUT2D eigenvalue weighted by Gasteiger charge is -2.10. The summed E-state index contributed by atoms with van der Waals surface area (Å²) in [6.45, 7) is 0.631. The van der Waals surface area contributed by atoms with Gasteiger partial charge in [-0.25, -0.2) is 9.97 Å². The summed E-state index contributed by atoms with van der Waals surface area (Å²) in [6.07, 6.45) is 9.02. The zero-order valence-corrected chi connectivity index (χ0v) is 14.1. The Bertz CT molecular complexity index is 940. The highest BCUT2D eigenvalue weighted by atomic mass is 32.1. The van der Waals surface area contributed by atoms with Crippen molar-refractivity contribution in [1.29, 1.82) is 0 Å². The number of hydrogen-bond acceptors (Lipinski definition) is 6. The summed E-state index contributed by atoms with van der Waals surface area (Å²) in [4.78, 5) is 18.6. The van der Waals surface area contributed by atoms with Crippen LogP contribution in [-0.2, 0) is 6.54 Å². The van der Waals surface area contributed by atoms with E-state index in [4.69, 9.17) is 4.98 Å². The first-order valence-electron chi connectivity index (χ1n) is 7.84. The molecule has 1 N–H and O–H groups in total. The quantitative estimate of drug-likeness (QED) is 0.585. The Morgan fingerprint density at radius 2 is 1.84 bits per heavy atom. The zero-order valence-electron chi connectivity index (χ0n) is 13.3. The maximum Gasteiger partial charge on any atom is 0.223 e. The molecule has 0 aromatic carbocycles. The lowest BCUT2D eigenvalue weighted by atomic mass is 10.1. The predicted molar refractivity (Wildman–Crippen MR) is 100 cm³/mol. The molecule has 6 heteroatoms. The summed E-state index contributed by atoms with van der Waals surface area (Å²) in [7, 11) is 0. The maximum atomic E-state index is 4.75. The highest BCUT2D eigenvalue weighted by Crippen LogP contribution is 2.33. The topological polar surface area (TPSA) is 63.6 Å². The second-order valence-electron chi connectivity index (χ2n) is 5.38. The smallest absolute Gasteiger partial charge is 0.223 e. The van der Waals surface area contributed by atoms with Gasteiger partial charge in [0, 0.05) is 43.1 Å². The van der Waals surface area contributed by atoms with E-state index < -0.39 is 0 Å². The third-order valence-electron chi connectivity index (χ3n) is 3.71. The van der Waals surface area contributed by atoms with Gasteiger partial charge in [0.05, 0.1) is 10.6 Å². The van der Waals surface area contributed by atoms with Crippen LogP contribution in [0.4, 0.5) is 5.95 Å². The van der Waals surface area contributed by atoms with Crippen molar-refractivity contribution in [3.63, 3.8) is 0 Å². The molecule has 5 nitrogen and oxygen atoms in total. The third-order valence-corrected chi connectivity index (χ3v) is 4.58. The molecule has 0 aliphatic heterocycles. The minimum Gasteiger partial charge on any atom is -0.350 e. The van der Waals surface area contributed by atoms with Gasteiger partial charge >= 0.3 is 0 Å². The van der Waals surface area contributed by atoms with E-state index in [1.165, 1.54) is 0 Å². The van der Waals surface area contributed by atoms with Crippen LogP contribution in [0.2, 0.25) is 0 Å². The lowest BCUT2D eigenvalue weighted by molar-refractivity contribution is 1.05. The first kappa shape index (κ1) is 15.4. The standard InChI is InChI=1S/C19H15N5S/c1-3-14(11-21-7-1)12-22-19-23-13-16(15-5-8-20-9-6-15)18(24-19)17-4-2-10-25-17/h1-11,13H,12H2,(H,22,23,24). The summed E-state index contributed by atoms with van der Waals surface area (Å²) in [5.41, 5.74) is 4.06. The molecular formula is C19H15N5S. The van der Waals surface area contributed by atoms with Crippen LogP contribution < -0.4 is 5.32 Å². The highest BCUT2D eigenvalue weighted by Gasteiger charge is 2.12. The van der Waals surface area contributed by atoms with E-state index in [1.54, 1.807) is 29.9 Å². The predicted octanol–water partition coefficient (Wildman–Crippen LogP) is 4.27. The molecule has 0 aliphatic carbocycles. The minimum absolute atomic E-state index is 0.602. The van der Waals surface area contributed by atoms with Gasteiger partial charge in [-0.3, -0.25) is 9.97 Å². The molecule has 4 rings (SSSR count). The van der Waals surface area contributed by atoms with E-state index in [1.807, 2.05) is 42.7 Å². The number of nitrogens with one attached hydrogen (secondary N) is 1. The van der Waals surface area contributed by atoms with Gasteiger partial charge < -0.3 is 5.32 Å². The molecule has 25 heavy (non-hydrogen) atoms. The monoisotopic (exact) mass is 345 g/mol. The number of aromatic nitrogens is 4. The summed E-state index contributed by atoms with van der Waals surface area (Å²) in [5, 5.41) is 5.32. The van der Waals surface area contributed by atoms with E-state index in [0.717, 1.165) is 27.3 Å². The van der Waals surface area contributed by atoms with E-state index >= 15 is 0 Å². The Morgan fingerprint density at radius 3 is 2.60 bits per heavy atom. The van der Waals surface area contributed by atoms with Crippen molar-refractivity contribution in [3.05, 3.63) is 78.3 Å². The molecule has 0 saturated carbocycles. The number of rotatable bonds is 5. The Labute approximate surface area is 149 Å². The lowest BCUT2D eigenvalue weighted by Crippen LogP contribution is -2.05. The summed E-state index contributed by atoms with van der Waals surface area (Å²) in [6, 6.07) is 12.0. The van der Waals surface area contributed by atoms with Gasteiger partial charge in [0.15, 0.2) is 0 Å². The fourth-order valence-electron chi connectivity index (χ4n) is 2.49. The number of hydrogen-bond donors (Lipinski definition) is 1. The number of anilines is 1. The molecule has 0 atom stereocenters. The van der Waals surface area contributed by atoms with Crippen LogP contribution in [-0.4, -0.2) is 19.9 Å². The van der Waals surface area contributed by atoms with Gasteiger partial charge in [0.2, 0.25) is 5.95 Å². The minimum atomic E-state index is 0.602. The molecule has 122 valence electrons. The van der Waals surface area contributed by atoms with Crippen LogP contribution in [0.5, 0.6) is 0 Å². The number of thiophene rings is 1. The Balaban J connectivity index is 1.68. The molecule has 0 bridgehead atoms. The van der Waals surface area contributed by atoms with Crippen molar-refractivity contribution in [2.24, 2.45) is 0 Å². The second-order valence-corrected chi connectivity index (χ2v) is 6.33. The van der Waals surface area contributed by atoms with Crippen LogP contribution in [0.25, 0.3) is 21.7 Å². The number of nitrogens with zero attached hydrogens (tertiary/aromatic N) is 4. The van der Waals surface area contributed by atoms with Crippen molar-refractivity contribution in [2.75, 3.05) is 5.32 Å². The van der Waals surface area contributed by atoms with Gasteiger partial charge in [-0.15, -0.1) is 11.3 Å². The molecule has 4 aromatic heterocycles. The van der Waals surface area contributed by atoms with Crippen molar-refractivity contribution >= 4 is 17.3 Å². The van der Waals surface area contributed by atoms with E-state index in [9.17, 15) is 0 Å². The zero-order chi connectivity index (χ0) is 16.9. The van der Waals surface area contributed by atoms with Crippen LogP contribution in [0.15, 0.2) is 72.8 Å². The largest absolute Gasteiger partial charge is 0.350 e. The van der Waals surface area contributed by atoms with Crippen LogP contribution in [0.1, 0.15) is 5.56 Å². The molecule has 0 unspecified atom stereocenters. The van der Waals surface area contributed by atoms with Crippen molar-refractivity contribution in [1.82, 2.24) is 19.9 Å². The van der Waals surface area contributed by atoms with Crippen molar-refractivity contribution in [2.45, 2.75) is 6.54 Å². The molecular weight excluding hydrogens is 330 g/mol. The summed E-state index contributed by atoms with van der Waals surface area (Å²) >= 11 is 1.66. The fourth-order valence-corrected chi connectivity index (χ4v) is 3.22. The van der Waals surface area contributed by atoms with Crippen molar-refractivity contribution in [3.8, 4) is 21.7 Å². The summed E-state index contributed by atoms with van der Waals surface area (Å²) < 4.78 is 0.